The lowest BCUT2D eigenvalue weighted by atomic mass is 10.3. The number of anilines is 1. The summed E-state index contributed by atoms with van der Waals surface area (Å²) in [6.45, 7) is 0.777. The zero-order valence-corrected chi connectivity index (χ0v) is 11.5. The van der Waals surface area contributed by atoms with Crippen LogP contribution in [0.25, 0.3) is 0 Å². The van der Waals surface area contributed by atoms with Crippen LogP contribution in [-0.2, 0) is 10.0 Å². The molecule has 0 aliphatic carbocycles. The zero-order valence-electron chi connectivity index (χ0n) is 10.7. The highest BCUT2D eigenvalue weighted by Crippen LogP contribution is 2.20. The van der Waals surface area contributed by atoms with Crippen LogP contribution < -0.4 is 9.62 Å². The van der Waals surface area contributed by atoms with Crippen LogP contribution in [-0.4, -0.2) is 34.8 Å². The van der Waals surface area contributed by atoms with Crippen molar-refractivity contribution in [3.05, 3.63) is 30.1 Å². The third-order valence-electron chi connectivity index (χ3n) is 2.69. The van der Waals surface area contributed by atoms with Crippen molar-refractivity contribution in [2.75, 3.05) is 30.7 Å². The Balaban J connectivity index is 2.70. The topological polar surface area (TPSA) is 49.4 Å². The van der Waals surface area contributed by atoms with Crippen molar-refractivity contribution in [1.82, 2.24) is 5.32 Å². The van der Waals surface area contributed by atoms with Gasteiger partial charge in [-0.3, -0.25) is 4.31 Å². The average Bonchev–Trinajstić information content (AvgIpc) is 2.34. The molecule has 18 heavy (non-hydrogen) atoms. The van der Waals surface area contributed by atoms with Crippen LogP contribution in [0.15, 0.2) is 24.3 Å². The molecule has 0 heterocycles. The molecule has 1 aromatic rings. The van der Waals surface area contributed by atoms with E-state index in [1.807, 2.05) is 7.05 Å². The van der Waals surface area contributed by atoms with Crippen LogP contribution in [0.4, 0.5) is 10.1 Å². The van der Waals surface area contributed by atoms with Gasteiger partial charge in [0.05, 0.1) is 11.4 Å². The van der Waals surface area contributed by atoms with Crippen LogP contribution in [0, 0.1) is 5.82 Å². The maximum atomic E-state index is 13.5. The fourth-order valence-corrected chi connectivity index (χ4v) is 2.87. The van der Waals surface area contributed by atoms with E-state index in [9.17, 15) is 12.8 Å². The molecule has 1 aromatic carbocycles. The molecule has 0 fully saturated rings. The van der Waals surface area contributed by atoms with Crippen LogP contribution in [0.5, 0.6) is 0 Å². The van der Waals surface area contributed by atoms with Crippen molar-refractivity contribution in [2.45, 2.75) is 12.8 Å². The monoisotopic (exact) mass is 274 g/mol. The SMILES string of the molecule is CNCCCCS(=O)(=O)N(C)c1ccccc1F. The van der Waals surface area contributed by atoms with Crippen LogP contribution in [0.2, 0.25) is 0 Å². The van der Waals surface area contributed by atoms with Gasteiger partial charge in [0.15, 0.2) is 0 Å². The van der Waals surface area contributed by atoms with Gasteiger partial charge in [0, 0.05) is 7.05 Å². The molecule has 0 aliphatic rings. The van der Waals surface area contributed by atoms with Crippen molar-refractivity contribution in [3.63, 3.8) is 0 Å². The van der Waals surface area contributed by atoms with E-state index in [0.29, 0.717) is 6.42 Å². The number of unbranched alkanes of at least 4 members (excludes halogenated alkanes) is 1. The summed E-state index contributed by atoms with van der Waals surface area (Å²) in [6.07, 6.45) is 1.34. The quantitative estimate of drug-likeness (QED) is 0.768. The second-order valence-electron chi connectivity index (χ2n) is 4.05. The average molecular weight is 274 g/mol. The lowest BCUT2D eigenvalue weighted by molar-refractivity contribution is 0.584. The molecule has 1 rings (SSSR count). The van der Waals surface area contributed by atoms with Gasteiger partial charge in [0.25, 0.3) is 0 Å². The van der Waals surface area contributed by atoms with Crippen LogP contribution >= 0.6 is 0 Å². The normalized spacial score (nSPS) is 11.5. The molecule has 102 valence electrons. The van der Waals surface area contributed by atoms with E-state index in [-0.39, 0.29) is 11.4 Å². The lowest BCUT2D eigenvalue weighted by Crippen LogP contribution is -2.30. The van der Waals surface area contributed by atoms with Gasteiger partial charge in [0.1, 0.15) is 5.82 Å². The van der Waals surface area contributed by atoms with E-state index < -0.39 is 15.8 Å². The first-order chi connectivity index (χ1) is 8.49. The summed E-state index contributed by atoms with van der Waals surface area (Å²) in [7, 11) is -0.251. The van der Waals surface area contributed by atoms with E-state index in [2.05, 4.69) is 5.32 Å². The summed E-state index contributed by atoms with van der Waals surface area (Å²) in [5.74, 6) is -0.502. The van der Waals surface area contributed by atoms with E-state index in [0.717, 1.165) is 17.3 Å². The third-order valence-corrected chi connectivity index (χ3v) is 4.52. The highest BCUT2D eigenvalue weighted by Gasteiger charge is 2.20. The fraction of sp³-hybridized carbons (Fsp3) is 0.500. The van der Waals surface area contributed by atoms with Gasteiger partial charge >= 0.3 is 0 Å². The van der Waals surface area contributed by atoms with Gasteiger partial charge in [0.2, 0.25) is 10.0 Å². The Morgan fingerprint density at radius 1 is 1.28 bits per heavy atom. The minimum atomic E-state index is -3.45. The van der Waals surface area contributed by atoms with E-state index >= 15 is 0 Å². The summed E-state index contributed by atoms with van der Waals surface area (Å²) < 4.78 is 38.5. The Hall–Kier alpha value is -1.14. The molecule has 0 aliphatic heterocycles. The highest BCUT2D eigenvalue weighted by molar-refractivity contribution is 7.92. The second kappa shape index (κ2) is 6.70. The third kappa shape index (κ3) is 3.96. The Morgan fingerprint density at radius 2 is 1.94 bits per heavy atom. The molecule has 0 amide bonds. The maximum absolute atomic E-state index is 13.5. The van der Waals surface area contributed by atoms with Gasteiger partial charge in [-0.1, -0.05) is 12.1 Å². The summed E-state index contributed by atoms with van der Waals surface area (Å²) in [5, 5.41) is 2.96. The number of halogens is 1. The summed E-state index contributed by atoms with van der Waals surface area (Å²) in [6, 6.07) is 5.86. The molecule has 0 saturated heterocycles. The number of nitrogens with one attached hydrogen (secondary N) is 1. The number of para-hydroxylation sites is 1. The molecule has 0 aromatic heterocycles. The van der Waals surface area contributed by atoms with Crippen LogP contribution in [0.3, 0.4) is 0 Å². The van der Waals surface area contributed by atoms with Crippen molar-refractivity contribution < 1.29 is 12.8 Å². The zero-order chi connectivity index (χ0) is 13.6. The standard InChI is InChI=1S/C12H19FN2O2S/c1-14-9-5-6-10-18(16,17)15(2)12-8-4-3-7-11(12)13/h3-4,7-8,14H,5-6,9-10H2,1-2H3. The maximum Gasteiger partial charge on any atom is 0.234 e. The summed E-state index contributed by atoms with van der Waals surface area (Å²) >= 11 is 0. The lowest BCUT2D eigenvalue weighted by Gasteiger charge is -2.19. The molecule has 0 bridgehead atoms. The molecule has 6 heteroatoms. The molecule has 0 spiro atoms. The van der Waals surface area contributed by atoms with Crippen molar-refractivity contribution >= 4 is 15.7 Å². The highest BCUT2D eigenvalue weighted by atomic mass is 32.2. The number of hydrogen-bond acceptors (Lipinski definition) is 3. The number of sulfonamides is 1. The van der Waals surface area contributed by atoms with Crippen molar-refractivity contribution in [1.29, 1.82) is 0 Å². The van der Waals surface area contributed by atoms with E-state index in [1.165, 1.54) is 25.2 Å². The summed E-state index contributed by atoms with van der Waals surface area (Å²) in [5.41, 5.74) is 0.0890. The van der Waals surface area contributed by atoms with Crippen LogP contribution in [0.1, 0.15) is 12.8 Å². The summed E-state index contributed by atoms with van der Waals surface area (Å²) in [4.78, 5) is 0. The Bertz CT molecular complexity index is 477. The number of benzene rings is 1. The molecule has 0 atom stereocenters. The molecular weight excluding hydrogens is 255 g/mol. The molecule has 0 saturated carbocycles. The largest absolute Gasteiger partial charge is 0.320 e. The molecule has 0 unspecified atom stereocenters. The molecule has 0 radical (unpaired) electrons. The Kier molecular flexibility index (Phi) is 5.55. The molecule has 1 N–H and O–H groups in total. The first-order valence-electron chi connectivity index (χ1n) is 5.85. The van der Waals surface area contributed by atoms with Gasteiger partial charge < -0.3 is 5.32 Å². The van der Waals surface area contributed by atoms with E-state index in [4.69, 9.17) is 0 Å². The number of nitrogens with zero attached hydrogens (tertiary/aromatic N) is 1. The molecular formula is C12H19FN2O2S. The van der Waals surface area contributed by atoms with Gasteiger partial charge in [-0.05, 0) is 38.6 Å². The number of rotatable bonds is 7. The Labute approximate surface area is 108 Å². The predicted octanol–water partition coefficient (Wildman–Crippen LogP) is 1.59. The van der Waals surface area contributed by atoms with E-state index in [1.54, 1.807) is 6.07 Å². The van der Waals surface area contributed by atoms with Crippen molar-refractivity contribution in [2.24, 2.45) is 0 Å². The van der Waals surface area contributed by atoms with Gasteiger partial charge in [-0.25, -0.2) is 12.8 Å². The minimum Gasteiger partial charge on any atom is -0.320 e. The minimum absolute atomic E-state index is 0.0273. The second-order valence-corrected chi connectivity index (χ2v) is 6.17. The first-order valence-corrected chi connectivity index (χ1v) is 7.45. The van der Waals surface area contributed by atoms with Gasteiger partial charge in [-0.2, -0.15) is 0 Å². The fourth-order valence-electron chi connectivity index (χ4n) is 1.58. The Morgan fingerprint density at radius 3 is 2.56 bits per heavy atom. The smallest absolute Gasteiger partial charge is 0.234 e. The predicted molar refractivity (Wildman–Crippen MR) is 71.8 cm³/mol. The van der Waals surface area contributed by atoms with Crippen molar-refractivity contribution in [3.8, 4) is 0 Å². The first kappa shape index (κ1) is 14.9. The van der Waals surface area contributed by atoms with Gasteiger partial charge in [-0.15, -0.1) is 0 Å². The number of hydrogen-bond donors (Lipinski definition) is 1. The molecule has 4 nitrogen and oxygen atoms in total.